The van der Waals surface area contributed by atoms with E-state index in [2.05, 4.69) is 36.8 Å². The maximum Gasteiger partial charge on any atom is 0.216 e. The number of aromatic nitrogens is 1. The number of ketones is 1. The fourth-order valence-corrected chi connectivity index (χ4v) is 3.11. The van der Waals surface area contributed by atoms with Crippen molar-refractivity contribution >= 4 is 37.6 Å². The van der Waals surface area contributed by atoms with Crippen LogP contribution in [0, 0.1) is 13.8 Å². The Kier molecular flexibility index (Phi) is 4.60. The van der Waals surface area contributed by atoms with Crippen molar-refractivity contribution in [2.75, 3.05) is 7.11 Å². The molecule has 0 bridgehead atoms. The van der Waals surface area contributed by atoms with Crippen LogP contribution in [-0.4, -0.2) is 17.9 Å². The Morgan fingerprint density at radius 2 is 1.95 bits per heavy atom. The van der Waals surface area contributed by atoms with Crippen molar-refractivity contribution in [2.24, 2.45) is 0 Å². The molecule has 1 heterocycles. The molecule has 3 nitrogen and oxygen atoms in total. The molecule has 0 aliphatic rings. The third-order valence-corrected chi connectivity index (χ3v) is 4.19. The quantitative estimate of drug-likeness (QED) is 0.716. The number of carbonyl (C=O) groups is 1. The molecule has 20 heavy (non-hydrogen) atoms. The van der Waals surface area contributed by atoms with Gasteiger partial charge in [0.15, 0.2) is 0 Å². The second kappa shape index (κ2) is 6.06. The summed E-state index contributed by atoms with van der Waals surface area (Å²) in [5.74, 6) is 0.441. The van der Waals surface area contributed by atoms with Gasteiger partial charge in [0.05, 0.1) is 12.7 Å². The number of rotatable bonds is 3. The molecule has 0 amide bonds. The van der Waals surface area contributed by atoms with E-state index < -0.39 is 0 Å². The van der Waals surface area contributed by atoms with E-state index >= 15 is 0 Å². The van der Waals surface area contributed by atoms with Crippen LogP contribution in [-0.2, 0) is 0 Å². The fourth-order valence-electron chi connectivity index (χ4n) is 1.94. The van der Waals surface area contributed by atoms with E-state index in [9.17, 15) is 4.79 Å². The van der Waals surface area contributed by atoms with Crippen molar-refractivity contribution in [1.29, 1.82) is 0 Å². The molecular formula is C15H13Br2NO2. The topological polar surface area (TPSA) is 39.2 Å². The minimum absolute atomic E-state index is 0.163. The van der Waals surface area contributed by atoms with Crippen LogP contribution >= 0.6 is 31.9 Å². The highest BCUT2D eigenvalue weighted by Gasteiger charge is 2.20. The molecule has 0 fully saturated rings. The Balaban J connectivity index is 2.56. The summed E-state index contributed by atoms with van der Waals surface area (Å²) in [6, 6.07) is 5.49. The molecule has 2 aromatic rings. The molecule has 0 N–H and O–H groups in total. The Hall–Kier alpha value is -1.20. The molecule has 0 aliphatic heterocycles. The van der Waals surface area contributed by atoms with Crippen LogP contribution in [0.4, 0.5) is 0 Å². The first kappa shape index (κ1) is 15.2. The third-order valence-electron chi connectivity index (χ3n) is 3.15. The predicted molar refractivity (Wildman–Crippen MR) is 85.5 cm³/mol. The van der Waals surface area contributed by atoms with Crippen molar-refractivity contribution in [3.63, 3.8) is 0 Å². The molecule has 0 aliphatic carbocycles. The zero-order chi connectivity index (χ0) is 14.9. The molecule has 2 rings (SSSR count). The zero-order valence-electron chi connectivity index (χ0n) is 11.3. The average molecular weight is 399 g/mol. The minimum atomic E-state index is -0.163. The molecule has 1 aromatic carbocycles. The summed E-state index contributed by atoms with van der Waals surface area (Å²) in [4.78, 5) is 16.8. The molecule has 0 radical (unpaired) electrons. The highest BCUT2D eigenvalue weighted by Crippen LogP contribution is 2.30. The van der Waals surface area contributed by atoms with Crippen LogP contribution in [0.15, 0.2) is 33.3 Å². The van der Waals surface area contributed by atoms with Crippen LogP contribution in [0.1, 0.15) is 27.2 Å². The molecule has 1 aromatic heterocycles. The van der Waals surface area contributed by atoms with Crippen LogP contribution in [0.2, 0.25) is 0 Å². The Labute approximate surface area is 134 Å². The van der Waals surface area contributed by atoms with Crippen molar-refractivity contribution in [1.82, 2.24) is 4.98 Å². The van der Waals surface area contributed by atoms with Gasteiger partial charge in [-0.15, -0.1) is 0 Å². The zero-order valence-corrected chi connectivity index (χ0v) is 14.5. The Morgan fingerprint density at radius 1 is 1.25 bits per heavy atom. The third kappa shape index (κ3) is 2.79. The van der Waals surface area contributed by atoms with Gasteiger partial charge in [-0.25, -0.2) is 0 Å². The highest BCUT2D eigenvalue weighted by molar-refractivity contribution is 9.11. The first-order chi connectivity index (χ1) is 9.45. The van der Waals surface area contributed by atoms with E-state index in [1.54, 1.807) is 25.4 Å². The molecule has 0 saturated carbocycles. The number of pyridine rings is 1. The summed E-state index contributed by atoms with van der Waals surface area (Å²) in [5.41, 5.74) is 2.94. The Bertz CT molecular complexity index is 684. The van der Waals surface area contributed by atoms with E-state index in [0.717, 1.165) is 15.6 Å². The standard InChI is InChI=1S/C15H13Br2NO2/c1-8-4-5-11(15(20-3)9(8)2)14(19)13-12(17)6-10(16)7-18-13/h4-7H,1-3H3. The van der Waals surface area contributed by atoms with Crippen LogP contribution in [0.25, 0.3) is 0 Å². The lowest BCUT2D eigenvalue weighted by Gasteiger charge is -2.13. The minimum Gasteiger partial charge on any atom is -0.496 e. The van der Waals surface area contributed by atoms with Gasteiger partial charge in [-0.1, -0.05) is 6.07 Å². The van der Waals surface area contributed by atoms with Gasteiger partial charge in [0.25, 0.3) is 0 Å². The monoisotopic (exact) mass is 397 g/mol. The second-order valence-electron chi connectivity index (χ2n) is 4.40. The largest absolute Gasteiger partial charge is 0.496 e. The van der Waals surface area contributed by atoms with Crippen molar-refractivity contribution in [2.45, 2.75) is 13.8 Å². The van der Waals surface area contributed by atoms with E-state index in [4.69, 9.17) is 4.74 Å². The smallest absolute Gasteiger partial charge is 0.216 e. The van der Waals surface area contributed by atoms with Crippen molar-refractivity contribution < 1.29 is 9.53 Å². The lowest BCUT2D eigenvalue weighted by atomic mass is 10.00. The molecule has 0 atom stereocenters. The number of benzene rings is 1. The van der Waals surface area contributed by atoms with E-state index in [1.165, 1.54) is 0 Å². The first-order valence-corrected chi connectivity index (χ1v) is 7.54. The summed E-state index contributed by atoms with van der Waals surface area (Å²) >= 11 is 6.69. The molecule has 0 spiro atoms. The van der Waals surface area contributed by atoms with E-state index in [1.807, 2.05) is 19.9 Å². The van der Waals surface area contributed by atoms with Crippen LogP contribution in [0.3, 0.4) is 0 Å². The fraction of sp³-hybridized carbons (Fsp3) is 0.200. The van der Waals surface area contributed by atoms with Gasteiger partial charge in [0, 0.05) is 15.1 Å². The molecule has 5 heteroatoms. The van der Waals surface area contributed by atoms with Crippen molar-refractivity contribution in [3.8, 4) is 5.75 Å². The summed E-state index contributed by atoms with van der Waals surface area (Å²) in [6.45, 7) is 3.93. The summed E-state index contributed by atoms with van der Waals surface area (Å²) < 4.78 is 6.85. The molecule has 104 valence electrons. The predicted octanol–water partition coefficient (Wildman–Crippen LogP) is 4.46. The lowest BCUT2D eigenvalue weighted by molar-refractivity contribution is 0.103. The van der Waals surface area contributed by atoms with Crippen LogP contribution < -0.4 is 4.74 Å². The molecular weight excluding hydrogens is 386 g/mol. The number of methoxy groups -OCH3 is 1. The normalized spacial score (nSPS) is 10.4. The molecule has 0 saturated heterocycles. The lowest BCUT2D eigenvalue weighted by Crippen LogP contribution is -2.08. The second-order valence-corrected chi connectivity index (χ2v) is 6.17. The van der Waals surface area contributed by atoms with Gasteiger partial charge in [-0.05, 0) is 69.0 Å². The Morgan fingerprint density at radius 3 is 2.55 bits per heavy atom. The van der Waals surface area contributed by atoms with Gasteiger partial charge in [-0.3, -0.25) is 9.78 Å². The van der Waals surface area contributed by atoms with Gasteiger partial charge < -0.3 is 4.74 Å². The van der Waals surface area contributed by atoms with Gasteiger partial charge in [0.2, 0.25) is 5.78 Å². The average Bonchev–Trinajstić information content (AvgIpc) is 2.41. The number of ether oxygens (including phenoxy) is 1. The van der Waals surface area contributed by atoms with Gasteiger partial charge >= 0.3 is 0 Å². The highest BCUT2D eigenvalue weighted by atomic mass is 79.9. The van der Waals surface area contributed by atoms with Gasteiger partial charge in [0.1, 0.15) is 11.4 Å². The number of carbonyl (C=O) groups excluding carboxylic acids is 1. The van der Waals surface area contributed by atoms with E-state index in [0.29, 0.717) is 21.5 Å². The van der Waals surface area contributed by atoms with Crippen molar-refractivity contribution in [3.05, 3.63) is 55.7 Å². The number of hydrogen-bond donors (Lipinski definition) is 0. The molecule has 0 unspecified atom stereocenters. The van der Waals surface area contributed by atoms with Gasteiger partial charge in [-0.2, -0.15) is 0 Å². The maximum absolute atomic E-state index is 12.6. The summed E-state index contributed by atoms with van der Waals surface area (Å²) in [5, 5.41) is 0. The number of aryl methyl sites for hydroxylation is 1. The summed E-state index contributed by atoms with van der Waals surface area (Å²) in [7, 11) is 1.57. The first-order valence-electron chi connectivity index (χ1n) is 5.95. The number of hydrogen-bond acceptors (Lipinski definition) is 3. The summed E-state index contributed by atoms with van der Waals surface area (Å²) in [6.07, 6.45) is 1.60. The van der Waals surface area contributed by atoms with E-state index in [-0.39, 0.29) is 5.78 Å². The maximum atomic E-state index is 12.6. The van der Waals surface area contributed by atoms with Crippen LogP contribution in [0.5, 0.6) is 5.75 Å². The number of halogens is 2. The number of nitrogens with zero attached hydrogens (tertiary/aromatic N) is 1. The SMILES string of the molecule is COc1c(C(=O)c2ncc(Br)cc2Br)ccc(C)c1C.